The second-order valence-electron chi connectivity index (χ2n) is 4.69. The van der Waals surface area contributed by atoms with Crippen molar-refractivity contribution in [3.05, 3.63) is 47.5 Å². The number of oxazole rings is 1. The molecular formula is C16H13ClN2O3. The van der Waals surface area contributed by atoms with Gasteiger partial charge in [0.25, 0.3) is 0 Å². The molecule has 6 heteroatoms. The van der Waals surface area contributed by atoms with Crippen molar-refractivity contribution in [1.29, 1.82) is 0 Å². The fourth-order valence-corrected chi connectivity index (χ4v) is 2.27. The van der Waals surface area contributed by atoms with Gasteiger partial charge in [0, 0.05) is 29.4 Å². The fourth-order valence-electron chi connectivity index (χ4n) is 2.08. The van der Waals surface area contributed by atoms with E-state index in [0.717, 1.165) is 5.56 Å². The summed E-state index contributed by atoms with van der Waals surface area (Å²) < 4.78 is 10.5. The highest BCUT2D eigenvalue weighted by atomic mass is 35.5. The molecule has 112 valence electrons. The van der Waals surface area contributed by atoms with Crippen molar-refractivity contribution in [3.63, 3.8) is 0 Å². The van der Waals surface area contributed by atoms with Crippen LogP contribution in [-0.4, -0.2) is 24.6 Å². The molecular weight excluding hydrogens is 304 g/mol. The average Bonchev–Trinajstić information content (AvgIpc) is 2.90. The molecule has 2 aromatic carbocycles. The molecule has 0 aliphatic rings. The number of benzene rings is 2. The summed E-state index contributed by atoms with van der Waals surface area (Å²) in [6.07, 6.45) is 0. The van der Waals surface area contributed by atoms with Crippen molar-refractivity contribution >= 4 is 34.3 Å². The van der Waals surface area contributed by atoms with Crippen LogP contribution < -0.4 is 5.32 Å². The maximum Gasteiger partial charge on any atom is 0.250 e. The molecule has 0 unspecified atom stereocenters. The predicted octanol–water partition coefficient (Wildman–Crippen LogP) is 3.73. The molecule has 0 saturated carbocycles. The smallest absolute Gasteiger partial charge is 0.250 e. The largest absolute Gasteiger partial charge is 0.436 e. The van der Waals surface area contributed by atoms with Gasteiger partial charge < -0.3 is 14.5 Å². The van der Waals surface area contributed by atoms with E-state index in [-0.39, 0.29) is 12.5 Å². The van der Waals surface area contributed by atoms with Crippen LogP contribution in [0.5, 0.6) is 0 Å². The summed E-state index contributed by atoms with van der Waals surface area (Å²) in [6.45, 7) is 0.00219. The maximum atomic E-state index is 11.5. The van der Waals surface area contributed by atoms with Crippen LogP contribution in [0.3, 0.4) is 0 Å². The number of nitrogens with zero attached hydrogens (tertiary/aromatic N) is 1. The first-order valence-electron chi connectivity index (χ1n) is 6.61. The fraction of sp³-hybridized carbons (Fsp3) is 0.125. The van der Waals surface area contributed by atoms with Crippen molar-refractivity contribution in [1.82, 2.24) is 4.98 Å². The van der Waals surface area contributed by atoms with Crippen molar-refractivity contribution in [2.24, 2.45) is 0 Å². The lowest BCUT2D eigenvalue weighted by Gasteiger charge is -2.03. The molecule has 0 aliphatic carbocycles. The van der Waals surface area contributed by atoms with Gasteiger partial charge in [0.2, 0.25) is 11.8 Å². The van der Waals surface area contributed by atoms with Gasteiger partial charge in [0.05, 0.1) is 0 Å². The highest BCUT2D eigenvalue weighted by Crippen LogP contribution is 2.27. The average molecular weight is 317 g/mol. The molecule has 1 aromatic heterocycles. The van der Waals surface area contributed by atoms with Crippen LogP contribution in [0, 0.1) is 0 Å². The van der Waals surface area contributed by atoms with Gasteiger partial charge >= 0.3 is 0 Å². The Kier molecular flexibility index (Phi) is 4.09. The molecule has 0 fully saturated rings. The molecule has 0 radical (unpaired) electrons. The van der Waals surface area contributed by atoms with Gasteiger partial charge in [-0.3, -0.25) is 4.79 Å². The number of anilines is 1. The summed E-state index contributed by atoms with van der Waals surface area (Å²) in [5, 5.41) is 3.34. The third-order valence-electron chi connectivity index (χ3n) is 3.02. The van der Waals surface area contributed by atoms with Crippen LogP contribution in [0.4, 0.5) is 5.69 Å². The number of carbonyl (C=O) groups excluding carboxylic acids is 1. The van der Waals surface area contributed by atoms with Crippen molar-refractivity contribution in [2.75, 3.05) is 19.0 Å². The van der Waals surface area contributed by atoms with Crippen LogP contribution in [0.1, 0.15) is 0 Å². The van der Waals surface area contributed by atoms with E-state index in [4.69, 9.17) is 20.8 Å². The lowest BCUT2D eigenvalue weighted by Crippen LogP contribution is -2.16. The SMILES string of the molecule is COCC(=O)Nc1ccc2nc(-c3cccc(Cl)c3)oc2c1. The van der Waals surface area contributed by atoms with Gasteiger partial charge in [-0.2, -0.15) is 0 Å². The normalized spacial score (nSPS) is 10.8. The van der Waals surface area contributed by atoms with Gasteiger partial charge in [-0.05, 0) is 30.3 Å². The lowest BCUT2D eigenvalue weighted by molar-refractivity contribution is -0.119. The Morgan fingerprint density at radius 3 is 2.95 bits per heavy atom. The molecule has 0 atom stereocenters. The Bertz CT molecular complexity index is 829. The van der Waals surface area contributed by atoms with Crippen molar-refractivity contribution in [3.8, 4) is 11.5 Å². The third kappa shape index (κ3) is 3.10. The Labute approximate surface area is 131 Å². The Hall–Kier alpha value is -2.37. The van der Waals surface area contributed by atoms with E-state index in [2.05, 4.69) is 10.3 Å². The predicted molar refractivity (Wildman–Crippen MR) is 85.0 cm³/mol. The topological polar surface area (TPSA) is 64.4 Å². The molecule has 5 nitrogen and oxygen atoms in total. The van der Waals surface area contributed by atoms with Gasteiger partial charge in [-0.25, -0.2) is 4.98 Å². The Morgan fingerprint density at radius 1 is 1.32 bits per heavy atom. The van der Waals surface area contributed by atoms with Crippen LogP contribution >= 0.6 is 11.6 Å². The number of aromatic nitrogens is 1. The van der Waals surface area contributed by atoms with E-state index in [9.17, 15) is 4.79 Å². The van der Waals surface area contributed by atoms with E-state index in [1.165, 1.54) is 7.11 Å². The number of amides is 1. The van der Waals surface area contributed by atoms with Crippen LogP contribution in [0.15, 0.2) is 46.9 Å². The molecule has 0 saturated heterocycles. The molecule has 1 heterocycles. The number of rotatable bonds is 4. The number of fused-ring (bicyclic) bond motifs is 1. The summed E-state index contributed by atoms with van der Waals surface area (Å²) in [4.78, 5) is 15.9. The summed E-state index contributed by atoms with van der Waals surface area (Å²) in [5.41, 5.74) is 2.72. The van der Waals surface area contributed by atoms with Crippen LogP contribution in [0.25, 0.3) is 22.6 Å². The highest BCUT2D eigenvalue weighted by Gasteiger charge is 2.10. The minimum Gasteiger partial charge on any atom is -0.436 e. The first-order chi connectivity index (χ1) is 10.7. The summed E-state index contributed by atoms with van der Waals surface area (Å²) in [5.74, 6) is 0.259. The van der Waals surface area contributed by atoms with Crippen molar-refractivity contribution in [2.45, 2.75) is 0 Å². The minimum atomic E-state index is -0.226. The highest BCUT2D eigenvalue weighted by molar-refractivity contribution is 6.30. The number of hydrogen-bond acceptors (Lipinski definition) is 4. The molecule has 0 bridgehead atoms. The van der Waals surface area contributed by atoms with E-state index in [0.29, 0.717) is 27.7 Å². The standard InChI is InChI=1S/C16H13ClN2O3/c1-21-9-15(20)18-12-5-6-13-14(8-12)22-16(19-13)10-3-2-4-11(17)7-10/h2-8H,9H2,1H3,(H,18,20). The molecule has 3 rings (SSSR count). The van der Waals surface area contributed by atoms with Gasteiger partial charge in [-0.15, -0.1) is 0 Å². The zero-order chi connectivity index (χ0) is 15.5. The number of carbonyl (C=O) groups is 1. The lowest BCUT2D eigenvalue weighted by atomic mass is 10.2. The zero-order valence-corrected chi connectivity index (χ0v) is 12.6. The second kappa shape index (κ2) is 6.17. The number of halogens is 1. The summed E-state index contributed by atoms with van der Waals surface area (Å²) >= 11 is 5.98. The van der Waals surface area contributed by atoms with Gasteiger partial charge in [0.1, 0.15) is 12.1 Å². The quantitative estimate of drug-likeness (QED) is 0.796. The van der Waals surface area contributed by atoms with Crippen LogP contribution in [0.2, 0.25) is 5.02 Å². The molecule has 1 N–H and O–H groups in total. The number of hydrogen-bond donors (Lipinski definition) is 1. The zero-order valence-electron chi connectivity index (χ0n) is 11.8. The third-order valence-corrected chi connectivity index (χ3v) is 3.25. The number of ether oxygens (including phenoxy) is 1. The molecule has 1 amide bonds. The first-order valence-corrected chi connectivity index (χ1v) is 6.99. The minimum absolute atomic E-state index is 0.00219. The van der Waals surface area contributed by atoms with E-state index >= 15 is 0 Å². The molecule has 0 spiro atoms. The maximum absolute atomic E-state index is 11.5. The Balaban J connectivity index is 1.92. The van der Waals surface area contributed by atoms with E-state index in [1.54, 1.807) is 30.3 Å². The molecule has 0 aliphatic heterocycles. The van der Waals surface area contributed by atoms with E-state index in [1.807, 2.05) is 12.1 Å². The first kappa shape index (κ1) is 14.6. The summed E-state index contributed by atoms with van der Waals surface area (Å²) in [7, 11) is 1.47. The number of methoxy groups -OCH3 is 1. The molecule has 22 heavy (non-hydrogen) atoms. The van der Waals surface area contributed by atoms with Gasteiger partial charge in [0.15, 0.2) is 5.58 Å². The second-order valence-corrected chi connectivity index (χ2v) is 5.13. The monoisotopic (exact) mass is 316 g/mol. The number of nitrogens with one attached hydrogen (secondary N) is 1. The molecule has 3 aromatic rings. The van der Waals surface area contributed by atoms with Crippen molar-refractivity contribution < 1.29 is 13.9 Å². The van der Waals surface area contributed by atoms with Crippen LogP contribution in [-0.2, 0) is 9.53 Å². The summed E-state index contributed by atoms with van der Waals surface area (Å²) in [6, 6.07) is 12.6. The Morgan fingerprint density at radius 2 is 2.18 bits per heavy atom. The van der Waals surface area contributed by atoms with Gasteiger partial charge in [-0.1, -0.05) is 17.7 Å². The van der Waals surface area contributed by atoms with E-state index < -0.39 is 0 Å².